The van der Waals surface area contributed by atoms with Crippen molar-refractivity contribution in [1.82, 2.24) is 4.57 Å². The Kier molecular flexibility index (Phi) is 6.46. The number of carbonyl (C=O) groups is 1. The van der Waals surface area contributed by atoms with Gasteiger partial charge < -0.3 is 15.4 Å². The summed E-state index contributed by atoms with van der Waals surface area (Å²) in [6.07, 6.45) is 3.61. The van der Waals surface area contributed by atoms with Gasteiger partial charge in [0.2, 0.25) is 0 Å². The van der Waals surface area contributed by atoms with Gasteiger partial charge in [-0.3, -0.25) is 4.79 Å². The number of amides is 1. The van der Waals surface area contributed by atoms with Crippen molar-refractivity contribution in [3.8, 4) is 11.1 Å². The molecule has 0 bridgehead atoms. The number of aliphatic hydroxyl groups excluding tert-OH is 1. The molecular weight excluding hydrogens is 324 g/mol. The Morgan fingerprint density at radius 2 is 1.92 bits per heavy atom. The standard InChI is InChI=1S/C19H25ClN2O2/c1-3-4-6-16-18(14-7-9-15(20)10-8-14)17(19(21)24)13(2)22(16)11-5-12-23/h7-10,23H,3-6,11-12H2,1-2H3,(H2,21,24). The fourth-order valence-corrected chi connectivity index (χ4v) is 3.29. The molecule has 0 atom stereocenters. The third-order valence-corrected chi connectivity index (χ3v) is 4.57. The van der Waals surface area contributed by atoms with Crippen LogP contribution in [-0.2, 0) is 13.0 Å². The molecule has 0 aliphatic rings. The summed E-state index contributed by atoms with van der Waals surface area (Å²) in [4.78, 5) is 12.1. The largest absolute Gasteiger partial charge is 0.396 e. The van der Waals surface area contributed by atoms with Gasteiger partial charge in [0.25, 0.3) is 5.91 Å². The second-order valence-electron chi connectivity index (χ2n) is 5.99. The SMILES string of the molecule is CCCCc1c(-c2ccc(Cl)cc2)c(C(N)=O)c(C)n1CCCO. The number of primary amides is 1. The molecule has 24 heavy (non-hydrogen) atoms. The zero-order chi connectivity index (χ0) is 17.7. The van der Waals surface area contributed by atoms with Gasteiger partial charge in [-0.05, 0) is 43.9 Å². The van der Waals surface area contributed by atoms with E-state index in [1.807, 2.05) is 31.2 Å². The highest BCUT2D eigenvalue weighted by Gasteiger charge is 2.24. The molecule has 3 N–H and O–H groups in total. The number of carbonyl (C=O) groups excluding carboxylic acids is 1. The van der Waals surface area contributed by atoms with Gasteiger partial charge in [-0.15, -0.1) is 0 Å². The van der Waals surface area contributed by atoms with Gasteiger partial charge >= 0.3 is 0 Å². The number of aliphatic hydroxyl groups is 1. The highest BCUT2D eigenvalue weighted by molar-refractivity contribution is 6.30. The lowest BCUT2D eigenvalue weighted by Crippen LogP contribution is -2.13. The lowest BCUT2D eigenvalue weighted by atomic mass is 9.97. The van der Waals surface area contributed by atoms with Crippen LogP contribution in [0, 0.1) is 6.92 Å². The number of rotatable bonds is 8. The molecule has 5 heteroatoms. The second-order valence-corrected chi connectivity index (χ2v) is 6.42. The van der Waals surface area contributed by atoms with E-state index in [0.29, 0.717) is 23.6 Å². The minimum Gasteiger partial charge on any atom is -0.396 e. The van der Waals surface area contributed by atoms with Crippen LogP contribution in [0.25, 0.3) is 11.1 Å². The molecule has 1 amide bonds. The van der Waals surface area contributed by atoms with Crippen LogP contribution in [0.15, 0.2) is 24.3 Å². The lowest BCUT2D eigenvalue weighted by molar-refractivity contribution is 0.1000. The number of hydrogen-bond donors (Lipinski definition) is 2. The van der Waals surface area contributed by atoms with Crippen molar-refractivity contribution in [1.29, 1.82) is 0 Å². The predicted molar refractivity (Wildman–Crippen MR) is 98.4 cm³/mol. The second kappa shape index (κ2) is 8.36. The molecule has 0 spiro atoms. The van der Waals surface area contributed by atoms with E-state index in [9.17, 15) is 9.90 Å². The minimum atomic E-state index is -0.419. The van der Waals surface area contributed by atoms with E-state index in [2.05, 4.69) is 11.5 Å². The summed E-state index contributed by atoms with van der Waals surface area (Å²) in [6.45, 7) is 4.86. The van der Waals surface area contributed by atoms with Crippen LogP contribution in [0.2, 0.25) is 5.02 Å². The maximum absolute atomic E-state index is 12.1. The quantitative estimate of drug-likeness (QED) is 0.758. The molecule has 0 aliphatic carbocycles. The van der Waals surface area contributed by atoms with Crippen LogP contribution in [0.5, 0.6) is 0 Å². The molecule has 2 rings (SSSR count). The number of nitrogens with zero attached hydrogens (tertiary/aromatic N) is 1. The third kappa shape index (κ3) is 3.82. The Labute approximate surface area is 148 Å². The third-order valence-electron chi connectivity index (χ3n) is 4.32. The van der Waals surface area contributed by atoms with E-state index in [1.165, 1.54) is 0 Å². The predicted octanol–water partition coefficient (Wildman–Crippen LogP) is 3.94. The van der Waals surface area contributed by atoms with Gasteiger partial charge in [0, 0.05) is 35.1 Å². The summed E-state index contributed by atoms with van der Waals surface area (Å²) < 4.78 is 2.13. The molecule has 1 heterocycles. The van der Waals surface area contributed by atoms with Gasteiger partial charge in [0.05, 0.1) is 5.56 Å². The van der Waals surface area contributed by atoms with E-state index < -0.39 is 5.91 Å². The molecule has 2 aromatic rings. The first-order valence-electron chi connectivity index (χ1n) is 8.39. The molecular formula is C19H25ClN2O2. The van der Waals surface area contributed by atoms with Gasteiger partial charge in [-0.25, -0.2) is 0 Å². The summed E-state index contributed by atoms with van der Waals surface area (Å²) in [7, 11) is 0. The number of aromatic nitrogens is 1. The Balaban J connectivity index is 2.67. The van der Waals surface area contributed by atoms with Crippen LogP contribution in [0.4, 0.5) is 0 Å². The highest BCUT2D eigenvalue weighted by Crippen LogP contribution is 2.34. The van der Waals surface area contributed by atoms with Gasteiger partial charge in [-0.1, -0.05) is 37.1 Å². The van der Waals surface area contributed by atoms with Crippen LogP contribution in [0.3, 0.4) is 0 Å². The Hall–Kier alpha value is -1.78. The van der Waals surface area contributed by atoms with Crippen LogP contribution < -0.4 is 5.73 Å². The number of halogens is 1. The summed E-state index contributed by atoms with van der Waals surface area (Å²) in [6, 6.07) is 7.50. The molecule has 1 aromatic heterocycles. The van der Waals surface area contributed by atoms with E-state index in [0.717, 1.165) is 41.8 Å². The minimum absolute atomic E-state index is 0.118. The van der Waals surface area contributed by atoms with Crippen LogP contribution in [-0.4, -0.2) is 22.2 Å². The normalized spacial score (nSPS) is 11.0. The molecule has 0 saturated carbocycles. The van der Waals surface area contributed by atoms with Crippen molar-refractivity contribution >= 4 is 17.5 Å². The van der Waals surface area contributed by atoms with E-state index in [-0.39, 0.29) is 6.61 Å². The molecule has 0 saturated heterocycles. The lowest BCUT2D eigenvalue weighted by Gasteiger charge is -2.12. The van der Waals surface area contributed by atoms with Crippen molar-refractivity contribution in [2.75, 3.05) is 6.61 Å². The fourth-order valence-electron chi connectivity index (χ4n) is 3.16. The highest BCUT2D eigenvalue weighted by atomic mass is 35.5. The van der Waals surface area contributed by atoms with Crippen molar-refractivity contribution in [3.05, 3.63) is 46.2 Å². The first-order valence-corrected chi connectivity index (χ1v) is 8.77. The Bertz CT molecular complexity index is 705. The number of benzene rings is 1. The number of hydrogen-bond acceptors (Lipinski definition) is 2. The summed E-state index contributed by atoms with van der Waals surface area (Å²) in [5, 5.41) is 9.86. The number of unbranched alkanes of at least 4 members (excludes halogenated alkanes) is 1. The summed E-state index contributed by atoms with van der Waals surface area (Å²) in [5.41, 5.74) is 10.1. The average molecular weight is 349 g/mol. The van der Waals surface area contributed by atoms with Gasteiger partial charge in [-0.2, -0.15) is 0 Å². The van der Waals surface area contributed by atoms with Crippen LogP contribution >= 0.6 is 11.6 Å². The zero-order valence-electron chi connectivity index (χ0n) is 14.3. The zero-order valence-corrected chi connectivity index (χ0v) is 15.1. The van der Waals surface area contributed by atoms with E-state index in [1.54, 1.807) is 0 Å². The van der Waals surface area contributed by atoms with E-state index in [4.69, 9.17) is 17.3 Å². The summed E-state index contributed by atoms with van der Waals surface area (Å²) >= 11 is 6.01. The van der Waals surface area contributed by atoms with Crippen LogP contribution in [0.1, 0.15) is 47.9 Å². The molecule has 0 fully saturated rings. The maximum Gasteiger partial charge on any atom is 0.251 e. The van der Waals surface area contributed by atoms with Crippen molar-refractivity contribution in [2.45, 2.75) is 46.1 Å². The van der Waals surface area contributed by atoms with Gasteiger partial charge in [0.15, 0.2) is 0 Å². The smallest absolute Gasteiger partial charge is 0.251 e. The molecule has 0 aliphatic heterocycles. The molecule has 0 radical (unpaired) electrons. The van der Waals surface area contributed by atoms with Crippen molar-refractivity contribution < 1.29 is 9.90 Å². The topological polar surface area (TPSA) is 68.2 Å². The average Bonchev–Trinajstić information content (AvgIpc) is 2.83. The maximum atomic E-state index is 12.1. The molecule has 4 nitrogen and oxygen atoms in total. The Morgan fingerprint density at radius 1 is 1.25 bits per heavy atom. The van der Waals surface area contributed by atoms with E-state index >= 15 is 0 Å². The Morgan fingerprint density at radius 3 is 2.46 bits per heavy atom. The monoisotopic (exact) mass is 348 g/mol. The summed E-state index contributed by atoms with van der Waals surface area (Å²) in [5.74, 6) is -0.419. The van der Waals surface area contributed by atoms with Gasteiger partial charge in [0.1, 0.15) is 0 Å². The van der Waals surface area contributed by atoms with Crippen molar-refractivity contribution in [2.24, 2.45) is 5.73 Å². The fraction of sp³-hybridized carbons (Fsp3) is 0.421. The van der Waals surface area contributed by atoms with Crippen molar-refractivity contribution in [3.63, 3.8) is 0 Å². The first-order chi connectivity index (χ1) is 11.5. The first kappa shape index (κ1) is 18.6. The molecule has 1 aromatic carbocycles. The molecule has 0 unspecified atom stereocenters. The molecule has 130 valence electrons. The number of nitrogens with two attached hydrogens (primary N) is 1.